The van der Waals surface area contributed by atoms with Crippen molar-refractivity contribution in [3.05, 3.63) is 40.9 Å². The van der Waals surface area contributed by atoms with Crippen LogP contribution in [0.3, 0.4) is 0 Å². The largest absolute Gasteiger partial charge is 0.476 e. The molecule has 0 radical (unpaired) electrons. The molecule has 3 heterocycles. The number of aromatic amines is 1. The van der Waals surface area contributed by atoms with Gasteiger partial charge in [0.25, 0.3) is 5.56 Å². The van der Waals surface area contributed by atoms with E-state index >= 15 is 0 Å². The minimum absolute atomic E-state index is 0.145. The minimum atomic E-state index is -0.145. The molecule has 3 aromatic rings. The van der Waals surface area contributed by atoms with E-state index in [1.807, 2.05) is 37.2 Å². The highest BCUT2D eigenvalue weighted by Gasteiger charge is 2.08. The molecule has 3 rings (SSSR count). The van der Waals surface area contributed by atoms with Crippen LogP contribution in [0.15, 0.2) is 35.4 Å². The molecular formula is C16H19N5O2. The predicted molar refractivity (Wildman–Crippen MR) is 88.6 cm³/mol. The monoisotopic (exact) mass is 313 g/mol. The van der Waals surface area contributed by atoms with Crippen molar-refractivity contribution in [2.24, 2.45) is 7.05 Å². The lowest BCUT2D eigenvalue weighted by Gasteiger charge is -2.11. The Morgan fingerprint density at radius 1 is 1.26 bits per heavy atom. The van der Waals surface area contributed by atoms with Gasteiger partial charge >= 0.3 is 0 Å². The number of hydrogen-bond acceptors (Lipinski definition) is 5. The van der Waals surface area contributed by atoms with Crippen molar-refractivity contribution in [2.75, 3.05) is 27.2 Å². The molecule has 1 N–H and O–H groups in total. The second-order valence-electron chi connectivity index (χ2n) is 5.63. The van der Waals surface area contributed by atoms with Gasteiger partial charge < -0.3 is 9.64 Å². The quantitative estimate of drug-likeness (QED) is 0.767. The van der Waals surface area contributed by atoms with Gasteiger partial charge in [0.1, 0.15) is 6.61 Å². The summed E-state index contributed by atoms with van der Waals surface area (Å²) < 4.78 is 7.26. The topological polar surface area (TPSA) is 76.0 Å². The van der Waals surface area contributed by atoms with Crippen molar-refractivity contribution in [2.45, 2.75) is 0 Å². The third-order valence-corrected chi connectivity index (χ3v) is 3.55. The van der Waals surface area contributed by atoms with Gasteiger partial charge in [0, 0.05) is 37.6 Å². The highest BCUT2D eigenvalue weighted by atomic mass is 16.5. The number of ether oxygens (including phenoxy) is 1. The molecule has 0 saturated carbocycles. The maximum Gasteiger partial charge on any atom is 0.273 e. The number of hydrogen-bond donors (Lipinski definition) is 1. The Hall–Kier alpha value is -2.67. The standard InChI is InChI=1S/C16H19N5O2/c1-20(2)6-7-23-14-9-11(4-5-17-14)12-8-13-15(18-10-12)21(3)19-16(13)22/h4-5,8-10H,6-7H2,1-3H3,(H,19,22). The molecule has 0 fully saturated rings. The van der Waals surface area contributed by atoms with Crippen LogP contribution in [0.1, 0.15) is 0 Å². The van der Waals surface area contributed by atoms with Gasteiger partial charge in [-0.25, -0.2) is 9.97 Å². The molecule has 0 unspecified atom stereocenters. The second-order valence-corrected chi connectivity index (χ2v) is 5.63. The summed E-state index contributed by atoms with van der Waals surface area (Å²) in [5, 5.41) is 3.27. The number of nitrogens with one attached hydrogen (secondary N) is 1. The Bertz CT molecular complexity index is 882. The van der Waals surface area contributed by atoms with Crippen LogP contribution in [0, 0.1) is 0 Å². The summed E-state index contributed by atoms with van der Waals surface area (Å²) in [7, 11) is 5.75. The molecule has 3 aromatic heterocycles. The SMILES string of the molecule is CN(C)CCOc1cc(-c2cnc3c(c2)c(=O)[nH]n3C)ccn1. The smallest absolute Gasteiger partial charge is 0.273 e. The first-order valence-corrected chi connectivity index (χ1v) is 7.33. The molecule has 0 aliphatic rings. The average molecular weight is 313 g/mol. The lowest BCUT2D eigenvalue weighted by atomic mass is 10.1. The van der Waals surface area contributed by atoms with Crippen molar-refractivity contribution in [1.82, 2.24) is 24.6 Å². The first kappa shape index (κ1) is 15.2. The Morgan fingerprint density at radius 3 is 2.87 bits per heavy atom. The number of H-pyrrole nitrogens is 1. The Labute approximate surface area is 133 Å². The van der Waals surface area contributed by atoms with Gasteiger partial charge in [-0.3, -0.25) is 14.6 Å². The van der Waals surface area contributed by atoms with Gasteiger partial charge in [0.05, 0.1) is 5.39 Å². The average Bonchev–Trinajstić information content (AvgIpc) is 2.81. The van der Waals surface area contributed by atoms with Crippen molar-refractivity contribution >= 4 is 11.0 Å². The number of aromatic nitrogens is 4. The van der Waals surface area contributed by atoms with Gasteiger partial charge in [-0.15, -0.1) is 0 Å². The van der Waals surface area contributed by atoms with Crippen LogP contribution in [0.4, 0.5) is 0 Å². The minimum Gasteiger partial charge on any atom is -0.476 e. The molecule has 0 bridgehead atoms. The zero-order valence-corrected chi connectivity index (χ0v) is 13.4. The van der Waals surface area contributed by atoms with Gasteiger partial charge in [-0.1, -0.05) is 0 Å². The van der Waals surface area contributed by atoms with Gasteiger partial charge in [0.15, 0.2) is 5.65 Å². The van der Waals surface area contributed by atoms with E-state index in [1.165, 1.54) is 0 Å². The molecule has 0 amide bonds. The van der Waals surface area contributed by atoms with E-state index in [9.17, 15) is 4.79 Å². The molecular weight excluding hydrogens is 294 g/mol. The summed E-state index contributed by atoms with van der Waals surface area (Å²) in [4.78, 5) is 22.5. The maximum absolute atomic E-state index is 11.9. The summed E-state index contributed by atoms with van der Waals surface area (Å²) in [6, 6.07) is 5.56. The molecule has 0 aliphatic carbocycles. The van der Waals surface area contributed by atoms with E-state index in [1.54, 1.807) is 24.1 Å². The Balaban J connectivity index is 1.89. The normalized spacial score (nSPS) is 11.3. The first-order chi connectivity index (χ1) is 11.0. The number of aryl methyl sites for hydroxylation is 1. The van der Waals surface area contributed by atoms with E-state index in [2.05, 4.69) is 15.1 Å². The van der Waals surface area contributed by atoms with Crippen LogP contribution < -0.4 is 10.3 Å². The molecule has 0 atom stereocenters. The lowest BCUT2D eigenvalue weighted by Crippen LogP contribution is -2.19. The fourth-order valence-electron chi connectivity index (χ4n) is 2.32. The maximum atomic E-state index is 11.9. The summed E-state index contributed by atoms with van der Waals surface area (Å²) >= 11 is 0. The summed E-state index contributed by atoms with van der Waals surface area (Å²) in [5.74, 6) is 0.561. The van der Waals surface area contributed by atoms with Crippen LogP contribution in [-0.2, 0) is 7.05 Å². The molecule has 0 aliphatic heterocycles. The Morgan fingerprint density at radius 2 is 2.09 bits per heavy atom. The van der Waals surface area contributed by atoms with Crippen molar-refractivity contribution < 1.29 is 4.74 Å². The number of likely N-dealkylation sites (N-methyl/N-ethyl adjacent to an activating group) is 1. The van der Waals surface area contributed by atoms with Crippen LogP contribution in [-0.4, -0.2) is 51.9 Å². The number of rotatable bonds is 5. The molecule has 0 saturated heterocycles. The highest BCUT2D eigenvalue weighted by molar-refractivity contribution is 5.80. The molecule has 7 nitrogen and oxygen atoms in total. The fourth-order valence-corrected chi connectivity index (χ4v) is 2.32. The predicted octanol–water partition coefficient (Wildman–Crippen LogP) is 1.26. The van der Waals surface area contributed by atoms with Crippen LogP contribution in [0.5, 0.6) is 5.88 Å². The molecule has 0 spiro atoms. The molecule has 120 valence electrons. The summed E-state index contributed by atoms with van der Waals surface area (Å²) in [6.45, 7) is 1.39. The van der Waals surface area contributed by atoms with Crippen molar-refractivity contribution in [3.8, 4) is 17.0 Å². The van der Waals surface area contributed by atoms with E-state index < -0.39 is 0 Å². The van der Waals surface area contributed by atoms with E-state index in [0.717, 1.165) is 17.7 Å². The molecule has 23 heavy (non-hydrogen) atoms. The van der Waals surface area contributed by atoms with Gasteiger partial charge in [0.2, 0.25) is 5.88 Å². The van der Waals surface area contributed by atoms with Gasteiger partial charge in [-0.2, -0.15) is 0 Å². The van der Waals surface area contributed by atoms with Crippen molar-refractivity contribution in [3.63, 3.8) is 0 Å². The van der Waals surface area contributed by atoms with Crippen molar-refractivity contribution in [1.29, 1.82) is 0 Å². The zero-order valence-electron chi connectivity index (χ0n) is 13.4. The fraction of sp³-hybridized carbons (Fsp3) is 0.312. The van der Waals surface area contributed by atoms with Crippen LogP contribution >= 0.6 is 0 Å². The Kier molecular flexibility index (Phi) is 4.12. The number of fused-ring (bicyclic) bond motifs is 1. The van der Waals surface area contributed by atoms with E-state index in [4.69, 9.17) is 4.74 Å². The lowest BCUT2D eigenvalue weighted by molar-refractivity contribution is 0.254. The van der Waals surface area contributed by atoms with Crippen LogP contribution in [0.2, 0.25) is 0 Å². The zero-order chi connectivity index (χ0) is 16.4. The third kappa shape index (κ3) is 3.24. The first-order valence-electron chi connectivity index (χ1n) is 7.33. The number of nitrogens with zero attached hydrogens (tertiary/aromatic N) is 4. The summed E-state index contributed by atoms with van der Waals surface area (Å²) in [5.41, 5.74) is 2.26. The number of pyridine rings is 2. The molecule has 0 aromatic carbocycles. The highest BCUT2D eigenvalue weighted by Crippen LogP contribution is 2.23. The third-order valence-electron chi connectivity index (χ3n) is 3.55. The van der Waals surface area contributed by atoms with Gasteiger partial charge in [-0.05, 0) is 31.8 Å². The van der Waals surface area contributed by atoms with E-state index in [-0.39, 0.29) is 5.56 Å². The second kappa shape index (κ2) is 6.21. The summed E-state index contributed by atoms with van der Waals surface area (Å²) in [6.07, 6.45) is 3.44. The van der Waals surface area contributed by atoms with E-state index in [0.29, 0.717) is 23.5 Å². The van der Waals surface area contributed by atoms with Crippen LogP contribution in [0.25, 0.3) is 22.2 Å². The molecule has 7 heteroatoms.